The molecule has 12 heavy (non-hydrogen) atoms. The van der Waals surface area contributed by atoms with E-state index in [1.165, 1.54) is 6.42 Å². The van der Waals surface area contributed by atoms with Crippen LogP contribution in [0.4, 0.5) is 0 Å². The molecule has 1 atom stereocenters. The van der Waals surface area contributed by atoms with Crippen molar-refractivity contribution in [3.63, 3.8) is 0 Å². The lowest BCUT2D eigenvalue weighted by atomic mass is 10.2. The molecule has 1 fully saturated rings. The molecule has 1 heterocycles. The third-order valence-electron chi connectivity index (χ3n) is 2.17. The summed E-state index contributed by atoms with van der Waals surface area (Å²) < 4.78 is 4.86. The van der Waals surface area contributed by atoms with Crippen molar-refractivity contribution in [1.29, 1.82) is 0 Å². The first kappa shape index (κ1) is 9.52. The lowest BCUT2D eigenvalue weighted by Crippen LogP contribution is -2.28. The smallest absolute Gasteiger partial charge is 0.320 e. The van der Waals surface area contributed by atoms with Crippen molar-refractivity contribution in [2.75, 3.05) is 26.2 Å². The molecule has 0 aliphatic carbocycles. The zero-order valence-corrected chi connectivity index (χ0v) is 7.88. The highest BCUT2D eigenvalue weighted by atomic mass is 16.5. The van der Waals surface area contributed by atoms with Gasteiger partial charge in [0.2, 0.25) is 0 Å². The van der Waals surface area contributed by atoms with E-state index in [0.29, 0.717) is 13.2 Å². The van der Waals surface area contributed by atoms with Gasteiger partial charge >= 0.3 is 5.97 Å². The molecule has 3 nitrogen and oxygen atoms in total. The number of carbonyl (C=O) groups is 1. The van der Waals surface area contributed by atoms with Gasteiger partial charge in [-0.05, 0) is 25.8 Å². The van der Waals surface area contributed by atoms with Crippen LogP contribution in [0.25, 0.3) is 0 Å². The van der Waals surface area contributed by atoms with E-state index in [2.05, 4.69) is 11.8 Å². The molecule has 0 amide bonds. The number of hydrogen-bond acceptors (Lipinski definition) is 3. The van der Waals surface area contributed by atoms with Crippen LogP contribution >= 0.6 is 0 Å². The number of ether oxygens (including phenoxy) is 1. The topological polar surface area (TPSA) is 29.5 Å². The zero-order valence-electron chi connectivity index (χ0n) is 7.88. The normalized spacial score (nSPS) is 24.3. The van der Waals surface area contributed by atoms with Gasteiger partial charge in [0.15, 0.2) is 0 Å². The summed E-state index contributed by atoms with van der Waals surface area (Å²) in [4.78, 5) is 13.2. The molecule has 0 aromatic rings. The van der Waals surface area contributed by atoms with Crippen molar-refractivity contribution in [3.05, 3.63) is 0 Å². The summed E-state index contributed by atoms with van der Waals surface area (Å²) in [5.74, 6) is 0.644. The number of esters is 1. The van der Waals surface area contributed by atoms with Gasteiger partial charge in [0.05, 0.1) is 13.2 Å². The Morgan fingerprint density at radius 1 is 1.67 bits per heavy atom. The highest BCUT2D eigenvalue weighted by Crippen LogP contribution is 2.14. The summed E-state index contributed by atoms with van der Waals surface area (Å²) in [5.41, 5.74) is 0. The van der Waals surface area contributed by atoms with Crippen LogP contribution in [0.2, 0.25) is 0 Å². The Hall–Kier alpha value is -0.570. The van der Waals surface area contributed by atoms with Gasteiger partial charge in [0.1, 0.15) is 0 Å². The molecule has 0 N–H and O–H groups in total. The lowest BCUT2D eigenvalue weighted by molar-refractivity contribution is -0.144. The minimum atomic E-state index is -0.0911. The van der Waals surface area contributed by atoms with Crippen molar-refractivity contribution in [2.24, 2.45) is 5.92 Å². The molecule has 3 heteroatoms. The van der Waals surface area contributed by atoms with Crippen LogP contribution in [0.15, 0.2) is 0 Å². The summed E-state index contributed by atoms with van der Waals surface area (Å²) >= 11 is 0. The van der Waals surface area contributed by atoms with E-state index in [1.54, 1.807) is 0 Å². The molecule has 70 valence electrons. The summed E-state index contributed by atoms with van der Waals surface area (Å²) in [6.45, 7) is 7.09. The second kappa shape index (κ2) is 4.45. The van der Waals surface area contributed by atoms with Crippen LogP contribution in [-0.2, 0) is 9.53 Å². The van der Waals surface area contributed by atoms with Crippen molar-refractivity contribution in [1.82, 2.24) is 4.90 Å². The highest BCUT2D eigenvalue weighted by Gasteiger charge is 2.20. The highest BCUT2D eigenvalue weighted by molar-refractivity contribution is 5.71. The molecule has 1 unspecified atom stereocenters. The number of hydrogen-bond donors (Lipinski definition) is 0. The molecule has 0 bridgehead atoms. The second-order valence-corrected chi connectivity index (χ2v) is 3.43. The van der Waals surface area contributed by atoms with Gasteiger partial charge in [-0.2, -0.15) is 0 Å². The lowest BCUT2D eigenvalue weighted by Gasteiger charge is -2.13. The first-order valence-electron chi connectivity index (χ1n) is 4.60. The monoisotopic (exact) mass is 171 g/mol. The molecule has 1 aliphatic heterocycles. The van der Waals surface area contributed by atoms with Gasteiger partial charge in [-0.15, -0.1) is 0 Å². The summed E-state index contributed by atoms with van der Waals surface area (Å²) in [6, 6.07) is 0. The standard InChI is InChI=1S/C9H17NO2/c1-3-12-9(11)7-10-5-4-8(2)6-10/h8H,3-7H2,1-2H3. The molecule has 1 rings (SSSR count). The van der Waals surface area contributed by atoms with E-state index < -0.39 is 0 Å². The second-order valence-electron chi connectivity index (χ2n) is 3.43. The maximum absolute atomic E-state index is 11.0. The first-order chi connectivity index (χ1) is 5.72. The Morgan fingerprint density at radius 3 is 2.92 bits per heavy atom. The van der Waals surface area contributed by atoms with Gasteiger partial charge in [-0.1, -0.05) is 6.92 Å². The maximum atomic E-state index is 11.0. The average Bonchev–Trinajstić information content (AvgIpc) is 2.36. The van der Waals surface area contributed by atoms with Gasteiger partial charge in [-0.25, -0.2) is 0 Å². The summed E-state index contributed by atoms with van der Waals surface area (Å²) in [5, 5.41) is 0. The third-order valence-corrected chi connectivity index (χ3v) is 2.17. The van der Waals surface area contributed by atoms with Crippen molar-refractivity contribution in [2.45, 2.75) is 20.3 Å². The minimum Gasteiger partial charge on any atom is -0.465 e. The number of rotatable bonds is 3. The maximum Gasteiger partial charge on any atom is 0.320 e. The predicted octanol–water partition coefficient (Wildman–Crippen LogP) is 0.891. The van der Waals surface area contributed by atoms with E-state index in [4.69, 9.17) is 4.74 Å². The van der Waals surface area contributed by atoms with Crippen molar-refractivity contribution >= 4 is 5.97 Å². The van der Waals surface area contributed by atoms with Crippen LogP contribution < -0.4 is 0 Å². The fraction of sp³-hybridized carbons (Fsp3) is 0.889. The Kier molecular flexibility index (Phi) is 3.53. The van der Waals surface area contributed by atoms with E-state index >= 15 is 0 Å². The largest absolute Gasteiger partial charge is 0.465 e. The van der Waals surface area contributed by atoms with Crippen LogP contribution in [0.3, 0.4) is 0 Å². The number of likely N-dealkylation sites (tertiary alicyclic amines) is 1. The van der Waals surface area contributed by atoms with E-state index in [0.717, 1.165) is 19.0 Å². The molecule has 1 aliphatic rings. The number of nitrogens with zero attached hydrogens (tertiary/aromatic N) is 1. The van der Waals surface area contributed by atoms with Gasteiger partial charge < -0.3 is 4.74 Å². The molecular weight excluding hydrogens is 154 g/mol. The molecule has 1 saturated heterocycles. The Morgan fingerprint density at radius 2 is 2.42 bits per heavy atom. The first-order valence-corrected chi connectivity index (χ1v) is 4.60. The van der Waals surface area contributed by atoms with E-state index in [9.17, 15) is 4.79 Å². The van der Waals surface area contributed by atoms with Crippen LogP contribution in [0.1, 0.15) is 20.3 Å². The van der Waals surface area contributed by atoms with Crippen LogP contribution in [0, 0.1) is 5.92 Å². The van der Waals surface area contributed by atoms with Crippen molar-refractivity contribution < 1.29 is 9.53 Å². The van der Waals surface area contributed by atoms with Crippen LogP contribution in [0.5, 0.6) is 0 Å². The summed E-state index contributed by atoms with van der Waals surface area (Å²) in [6.07, 6.45) is 1.21. The number of carbonyl (C=O) groups excluding carboxylic acids is 1. The molecule has 0 radical (unpaired) electrons. The van der Waals surface area contributed by atoms with E-state index in [-0.39, 0.29) is 5.97 Å². The fourth-order valence-corrected chi connectivity index (χ4v) is 1.56. The third kappa shape index (κ3) is 2.81. The Bertz CT molecular complexity index is 159. The summed E-state index contributed by atoms with van der Waals surface area (Å²) in [7, 11) is 0. The quantitative estimate of drug-likeness (QED) is 0.591. The molecule has 0 spiro atoms. The molecule has 0 aromatic carbocycles. The molecule has 0 aromatic heterocycles. The Labute approximate surface area is 73.7 Å². The predicted molar refractivity (Wildman–Crippen MR) is 46.9 cm³/mol. The molecule has 0 saturated carbocycles. The van der Waals surface area contributed by atoms with Gasteiger partial charge in [0, 0.05) is 6.54 Å². The van der Waals surface area contributed by atoms with Crippen molar-refractivity contribution in [3.8, 4) is 0 Å². The van der Waals surface area contributed by atoms with Gasteiger partial charge in [0.25, 0.3) is 0 Å². The van der Waals surface area contributed by atoms with Crippen LogP contribution in [-0.4, -0.2) is 37.1 Å². The average molecular weight is 171 g/mol. The SMILES string of the molecule is CCOC(=O)CN1CCC(C)C1. The minimum absolute atomic E-state index is 0.0911. The zero-order chi connectivity index (χ0) is 8.97. The molecular formula is C9H17NO2. The van der Waals surface area contributed by atoms with E-state index in [1.807, 2.05) is 6.92 Å². The van der Waals surface area contributed by atoms with Gasteiger partial charge in [-0.3, -0.25) is 9.69 Å². The fourth-order valence-electron chi connectivity index (χ4n) is 1.56. The Balaban J connectivity index is 2.18.